The first kappa shape index (κ1) is 13.0. The minimum Gasteiger partial charge on any atom is -0.497 e. The van der Waals surface area contributed by atoms with E-state index >= 15 is 0 Å². The molecule has 0 radical (unpaired) electrons. The number of hydrogen-bond acceptors (Lipinski definition) is 3. The van der Waals surface area contributed by atoms with Gasteiger partial charge in [0, 0.05) is 19.6 Å². The van der Waals surface area contributed by atoms with E-state index in [4.69, 9.17) is 4.74 Å². The summed E-state index contributed by atoms with van der Waals surface area (Å²) in [4.78, 5) is 0. The summed E-state index contributed by atoms with van der Waals surface area (Å²) in [6.07, 6.45) is 1.19. The zero-order valence-electron chi connectivity index (χ0n) is 10.3. The van der Waals surface area contributed by atoms with E-state index < -0.39 is 0 Å². The highest BCUT2D eigenvalue weighted by Crippen LogP contribution is 2.11. The van der Waals surface area contributed by atoms with Crippen LogP contribution in [0.25, 0.3) is 0 Å². The molecule has 0 aliphatic heterocycles. The van der Waals surface area contributed by atoms with Crippen molar-refractivity contribution in [1.29, 1.82) is 0 Å². The van der Waals surface area contributed by atoms with Gasteiger partial charge in [0.2, 0.25) is 0 Å². The fourth-order valence-corrected chi connectivity index (χ4v) is 1.49. The number of hydrogen-bond donors (Lipinski definition) is 2. The first-order valence-corrected chi connectivity index (χ1v) is 5.91. The summed E-state index contributed by atoms with van der Waals surface area (Å²) in [7, 11) is 1.70. The zero-order chi connectivity index (χ0) is 11.6. The van der Waals surface area contributed by atoms with Crippen molar-refractivity contribution < 1.29 is 4.74 Å². The van der Waals surface area contributed by atoms with Crippen LogP contribution >= 0.6 is 0 Å². The van der Waals surface area contributed by atoms with Gasteiger partial charge in [-0.3, -0.25) is 0 Å². The molecule has 1 rings (SSSR count). The number of methoxy groups -OCH3 is 1. The van der Waals surface area contributed by atoms with Gasteiger partial charge in [-0.05, 0) is 30.7 Å². The SMILES string of the molecule is CCCNCCNCc1cccc(OC)c1. The quantitative estimate of drug-likeness (QED) is 0.658. The molecule has 0 aliphatic rings. The summed E-state index contributed by atoms with van der Waals surface area (Å²) in [5, 5.41) is 6.75. The Morgan fingerprint density at radius 3 is 2.69 bits per heavy atom. The van der Waals surface area contributed by atoms with Gasteiger partial charge in [0.15, 0.2) is 0 Å². The molecule has 0 spiro atoms. The van der Waals surface area contributed by atoms with Crippen molar-refractivity contribution in [3.8, 4) is 5.75 Å². The highest BCUT2D eigenvalue weighted by Gasteiger charge is 1.94. The van der Waals surface area contributed by atoms with Crippen LogP contribution in [-0.4, -0.2) is 26.7 Å². The second-order valence-corrected chi connectivity index (χ2v) is 3.78. The van der Waals surface area contributed by atoms with Gasteiger partial charge in [0.05, 0.1) is 7.11 Å². The Labute approximate surface area is 98.2 Å². The molecule has 16 heavy (non-hydrogen) atoms. The average molecular weight is 222 g/mol. The summed E-state index contributed by atoms with van der Waals surface area (Å²) < 4.78 is 5.17. The maximum absolute atomic E-state index is 5.17. The van der Waals surface area contributed by atoms with Crippen LogP contribution in [0.4, 0.5) is 0 Å². The molecule has 0 saturated carbocycles. The first-order chi connectivity index (χ1) is 7.86. The second-order valence-electron chi connectivity index (χ2n) is 3.78. The average Bonchev–Trinajstić information content (AvgIpc) is 2.34. The normalized spacial score (nSPS) is 10.4. The van der Waals surface area contributed by atoms with Crippen LogP contribution in [0.1, 0.15) is 18.9 Å². The number of nitrogens with one attached hydrogen (secondary N) is 2. The molecule has 1 aromatic rings. The molecule has 0 heterocycles. The summed E-state index contributed by atoms with van der Waals surface area (Å²) in [6, 6.07) is 8.15. The van der Waals surface area contributed by atoms with Crippen molar-refractivity contribution in [2.24, 2.45) is 0 Å². The minimum atomic E-state index is 0.894. The smallest absolute Gasteiger partial charge is 0.119 e. The van der Waals surface area contributed by atoms with E-state index in [0.29, 0.717) is 0 Å². The van der Waals surface area contributed by atoms with Crippen LogP contribution in [0, 0.1) is 0 Å². The lowest BCUT2D eigenvalue weighted by Gasteiger charge is -2.07. The third-order valence-electron chi connectivity index (χ3n) is 2.37. The third kappa shape index (κ3) is 5.14. The van der Waals surface area contributed by atoms with Crippen LogP contribution < -0.4 is 15.4 Å². The van der Waals surface area contributed by atoms with Gasteiger partial charge in [0.1, 0.15) is 5.75 Å². The standard InChI is InChI=1S/C13H22N2O/c1-3-7-14-8-9-15-11-12-5-4-6-13(10-12)16-2/h4-6,10,14-15H,3,7-9,11H2,1-2H3. The fraction of sp³-hybridized carbons (Fsp3) is 0.538. The second kappa shape index (κ2) is 8.13. The Balaban J connectivity index is 2.16. The van der Waals surface area contributed by atoms with E-state index in [1.165, 1.54) is 12.0 Å². The third-order valence-corrected chi connectivity index (χ3v) is 2.37. The summed E-state index contributed by atoms with van der Waals surface area (Å²) in [5.41, 5.74) is 1.26. The lowest BCUT2D eigenvalue weighted by atomic mass is 10.2. The zero-order valence-corrected chi connectivity index (χ0v) is 10.3. The molecule has 0 aromatic heterocycles. The molecule has 0 bridgehead atoms. The van der Waals surface area contributed by atoms with Gasteiger partial charge in [-0.25, -0.2) is 0 Å². The molecule has 0 amide bonds. The summed E-state index contributed by atoms with van der Waals surface area (Å²) in [6.45, 7) is 6.19. The van der Waals surface area contributed by atoms with E-state index in [1.807, 2.05) is 12.1 Å². The summed E-state index contributed by atoms with van der Waals surface area (Å²) in [5.74, 6) is 0.920. The molecule has 90 valence electrons. The Bertz CT molecular complexity index is 289. The van der Waals surface area contributed by atoms with E-state index in [0.717, 1.165) is 31.9 Å². The molecule has 0 fully saturated rings. The fourth-order valence-electron chi connectivity index (χ4n) is 1.49. The predicted molar refractivity (Wildman–Crippen MR) is 67.9 cm³/mol. The lowest BCUT2D eigenvalue weighted by molar-refractivity contribution is 0.414. The Morgan fingerprint density at radius 1 is 1.12 bits per heavy atom. The van der Waals surface area contributed by atoms with Gasteiger partial charge in [-0.15, -0.1) is 0 Å². The maximum Gasteiger partial charge on any atom is 0.119 e. The number of ether oxygens (including phenoxy) is 1. The number of rotatable bonds is 8. The number of benzene rings is 1. The molecule has 1 aromatic carbocycles. The van der Waals surface area contributed by atoms with E-state index in [-0.39, 0.29) is 0 Å². The van der Waals surface area contributed by atoms with Crippen molar-refractivity contribution in [2.75, 3.05) is 26.7 Å². The van der Waals surface area contributed by atoms with Crippen molar-refractivity contribution in [3.05, 3.63) is 29.8 Å². The van der Waals surface area contributed by atoms with Gasteiger partial charge in [-0.1, -0.05) is 19.1 Å². The van der Waals surface area contributed by atoms with Gasteiger partial charge >= 0.3 is 0 Å². The van der Waals surface area contributed by atoms with Crippen molar-refractivity contribution >= 4 is 0 Å². The van der Waals surface area contributed by atoms with E-state index in [1.54, 1.807) is 7.11 Å². The Morgan fingerprint density at radius 2 is 1.94 bits per heavy atom. The van der Waals surface area contributed by atoms with Crippen molar-refractivity contribution in [3.63, 3.8) is 0 Å². The molecule has 0 saturated heterocycles. The predicted octanol–water partition coefficient (Wildman–Crippen LogP) is 1.78. The van der Waals surface area contributed by atoms with Gasteiger partial charge < -0.3 is 15.4 Å². The molecule has 2 N–H and O–H groups in total. The molecular formula is C13H22N2O. The highest BCUT2D eigenvalue weighted by atomic mass is 16.5. The minimum absolute atomic E-state index is 0.894. The lowest BCUT2D eigenvalue weighted by Crippen LogP contribution is -2.27. The van der Waals surface area contributed by atoms with E-state index in [2.05, 4.69) is 29.7 Å². The van der Waals surface area contributed by atoms with Gasteiger partial charge in [-0.2, -0.15) is 0 Å². The van der Waals surface area contributed by atoms with Crippen LogP contribution in [0.2, 0.25) is 0 Å². The highest BCUT2D eigenvalue weighted by molar-refractivity contribution is 5.28. The largest absolute Gasteiger partial charge is 0.497 e. The van der Waals surface area contributed by atoms with E-state index in [9.17, 15) is 0 Å². The first-order valence-electron chi connectivity index (χ1n) is 5.91. The molecule has 0 unspecified atom stereocenters. The topological polar surface area (TPSA) is 33.3 Å². The van der Waals surface area contributed by atoms with Gasteiger partial charge in [0.25, 0.3) is 0 Å². The van der Waals surface area contributed by atoms with Crippen molar-refractivity contribution in [2.45, 2.75) is 19.9 Å². The molecule has 0 aliphatic carbocycles. The molecule has 3 nitrogen and oxygen atoms in total. The van der Waals surface area contributed by atoms with Crippen molar-refractivity contribution in [1.82, 2.24) is 10.6 Å². The Hall–Kier alpha value is -1.06. The monoisotopic (exact) mass is 222 g/mol. The summed E-state index contributed by atoms with van der Waals surface area (Å²) >= 11 is 0. The molecule has 3 heteroatoms. The van der Waals surface area contributed by atoms with Crippen LogP contribution in [0.15, 0.2) is 24.3 Å². The Kier molecular flexibility index (Phi) is 6.61. The van der Waals surface area contributed by atoms with Crippen LogP contribution in [0.3, 0.4) is 0 Å². The molecular weight excluding hydrogens is 200 g/mol. The molecule has 0 atom stereocenters. The maximum atomic E-state index is 5.17. The van der Waals surface area contributed by atoms with Crippen LogP contribution in [0.5, 0.6) is 5.75 Å². The van der Waals surface area contributed by atoms with Crippen LogP contribution in [-0.2, 0) is 6.54 Å².